The fourth-order valence-corrected chi connectivity index (χ4v) is 0.918. The van der Waals surface area contributed by atoms with Gasteiger partial charge in [-0.2, -0.15) is 12.6 Å². The van der Waals surface area contributed by atoms with Crippen molar-refractivity contribution in [3.05, 3.63) is 35.6 Å². The summed E-state index contributed by atoms with van der Waals surface area (Å²) in [7, 11) is 0. The van der Waals surface area contributed by atoms with Gasteiger partial charge in [0.1, 0.15) is 5.76 Å². The Labute approximate surface area is 116 Å². The molecule has 0 unspecified atom stereocenters. The standard InChI is InChI=1S/C11H17NO2.C3H8S/c1-4-5-10(13)9(11(12)14)7-6-8(2)3;1-2-3-4/h6-7,13H,2,4-5H2,1,3H3,(H2,12,14);4H,2-3H2,1H3/b7-6-,10-9-;. The Balaban J connectivity index is 0. The second-order valence-electron chi connectivity index (χ2n) is 3.88. The second-order valence-corrected chi connectivity index (χ2v) is 4.33. The van der Waals surface area contributed by atoms with Crippen molar-refractivity contribution in [3.63, 3.8) is 0 Å². The maximum atomic E-state index is 11.0. The van der Waals surface area contributed by atoms with E-state index in [1.807, 2.05) is 6.92 Å². The van der Waals surface area contributed by atoms with Crippen LogP contribution >= 0.6 is 12.6 Å². The molecular formula is C14H25NO2S. The van der Waals surface area contributed by atoms with Crippen LogP contribution in [-0.2, 0) is 4.79 Å². The van der Waals surface area contributed by atoms with Gasteiger partial charge in [0, 0.05) is 6.42 Å². The third kappa shape index (κ3) is 11.3. The number of thiol groups is 1. The monoisotopic (exact) mass is 271 g/mol. The molecule has 0 atom stereocenters. The van der Waals surface area contributed by atoms with Gasteiger partial charge in [-0.05, 0) is 31.6 Å². The van der Waals surface area contributed by atoms with Crippen molar-refractivity contribution in [2.45, 2.75) is 40.0 Å². The first-order valence-electron chi connectivity index (χ1n) is 6.06. The Morgan fingerprint density at radius 1 is 1.33 bits per heavy atom. The normalized spacial score (nSPS) is 11.6. The third-order valence-corrected chi connectivity index (χ3v) is 2.27. The van der Waals surface area contributed by atoms with Crippen molar-refractivity contribution in [3.8, 4) is 0 Å². The van der Waals surface area contributed by atoms with Gasteiger partial charge in [0.05, 0.1) is 5.57 Å². The molecule has 0 aliphatic carbocycles. The van der Waals surface area contributed by atoms with Crippen LogP contribution in [0.4, 0.5) is 0 Å². The van der Waals surface area contributed by atoms with Gasteiger partial charge in [0.15, 0.2) is 0 Å². The van der Waals surface area contributed by atoms with Crippen molar-refractivity contribution in [1.29, 1.82) is 0 Å². The van der Waals surface area contributed by atoms with Crippen LogP contribution in [0.5, 0.6) is 0 Å². The maximum Gasteiger partial charge on any atom is 0.252 e. The predicted molar refractivity (Wildman–Crippen MR) is 81.9 cm³/mol. The minimum absolute atomic E-state index is 0.0394. The van der Waals surface area contributed by atoms with Gasteiger partial charge >= 0.3 is 0 Å². The van der Waals surface area contributed by atoms with E-state index in [0.29, 0.717) is 6.42 Å². The Hall–Kier alpha value is -1.16. The fraction of sp³-hybridized carbons (Fsp3) is 0.500. The molecule has 104 valence electrons. The highest BCUT2D eigenvalue weighted by Gasteiger charge is 2.07. The smallest absolute Gasteiger partial charge is 0.252 e. The summed E-state index contributed by atoms with van der Waals surface area (Å²) >= 11 is 3.92. The van der Waals surface area contributed by atoms with Crippen LogP contribution in [0, 0.1) is 0 Å². The molecule has 0 saturated heterocycles. The Bertz CT molecular complexity index is 318. The van der Waals surface area contributed by atoms with Crippen LogP contribution in [0.15, 0.2) is 35.6 Å². The minimum atomic E-state index is -0.617. The van der Waals surface area contributed by atoms with Gasteiger partial charge < -0.3 is 10.8 Å². The number of amides is 1. The number of allylic oxidation sites excluding steroid dienone is 3. The summed E-state index contributed by atoms with van der Waals surface area (Å²) in [6.07, 6.45) is 5.55. The molecule has 4 heteroatoms. The summed E-state index contributed by atoms with van der Waals surface area (Å²) in [5.74, 6) is 0.436. The number of carbonyl (C=O) groups is 1. The van der Waals surface area contributed by atoms with Gasteiger partial charge in [-0.3, -0.25) is 4.79 Å². The largest absolute Gasteiger partial charge is 0.511 e. The first-order valence-corrected chi connectivity index (χ1v) is 6.70. The van der Waals surface area contributed by atoms with E-state index in [9.17, 15) is 9.90 Å². The van der Waals surface area contributed by atoms with Crippen LogP contribution in [0.3, 0.4) is 0 Å². The van der Waals surface area contributed by atoms with Crippen LogP contribution in [0.2, 0.25) is 0 Å². The summed E-state index contributed by atoms with van der Waals surface area (Å²) in [5.41, 5.74) is 6.08. The molecule has 3 N–H and O–H groups in total. The van der Waals surface area contributed by atoms with Crippen LogP contribution in [0.25, 0.3) is 0 Å². The quantitative estimate of drug-likeness (QED) is 0.299. The number of primary amides is 1. The molecule has 18 heavy (non-hydrogen) atoms. The molecule has 0 aromatic rings. The summed E-state index contributed by atoms with van der Waals surface area (Å²) in [4.78, 5) is 11.0. The van der Waals surface area contributed by atoms with E-state index >= 15 is 0 Å². The van der Waals surface area contributed by atoms with Gasteiger partial charge in [-0.15, -0.1) is 0 Å². The lowest BCUT2D eigenvalue weighted by Gasteiger charge is -2.01. The number of aliphatic hydroxyl groups excluding tert-OH is 1. The number of nitrogens with two attached hydrogens (primary N) is 1. The maximum absolute atomic E-state index is 11.0. The molecular weight excluding hydrogens is 246 g/mol. The van der Waals surface area contributed by atoms with Crippen molar-refractivity contribution < 1.29 is 9.90 Å². The van der Waals surface area contributed by atoms with Gasteiger partial charge in [-0.1, -0.05) is 32.1 Å². The lowest BCUT2D eigenvalue weighted by atomic mass is 10.1. The molecule has 0 aliphatic heterocycles. The van der Waals surface area contributed by atoms with Crippen molar-refractivity contribution in [1.82, 2.24) is 0 Å². The second kappa shape index (κ2) is 12.3. The molecule has 0 aliphatic rings. The lowest BCUT2D eigenvalue weighted by molar-refractivity contribution is -0.114. The zero-order chi connectivity index (χ0) is 14.6. The molecule has 0 fully saturated rings. The summed E-state index contributed by atoms with van der Waals surface area (Å²) in [6, 6.07) is 0. The molecule has 1 amide bonds. The van der Waals surface area contributed by atoms with E-state index in [2.05, 4.69) is 26.1 Å². The van der Waals surface area contributed by atoms with Crippen LogP contribution in [0.1, 0.15) is 40.0 Å². The summed E-state index contributed by atoms with van der Waals surface area (Å²) in [5, 5.41) is 9.49. The molecule has 0 rings (SSSR count). The van der Waals surface area contributed by atoms with E-state index in [1.54, 1.807) is 13.0 Å². The Kier molecular flexibility index (Phi) is 13.1. The third-order valence-electron chi connectivity index (χ3n) is 1.82. The van der Waals surface area contributed by atoms with Gasteiger partial charge in [-0.25, -0.2) is 0 Å². The number of hydrogen-bond donors (Lipinski definition) is 3. The van der Waals surface area contributed by atoms with Crippen molar-refractivity contribution >= 4 is 18.5 Å². The molecule has 0 aromatic carbocycles. The predicted octanol–water partition coefficient (Wildman–Crippen LogP) is 3.54. The molecule has 0 spiro atoms. The SMILES string of the molecule is C=C(C)/C=C\C(C(N)=O)=C(\O)CCC.CCCS. The van der Waals surface area contributed by atoms with Gasteiger partial charge in [0.2, 0.25) is 0 Å². The fourth-order valence-electron chi connectivity index (χ4n) is 0.918. The first-order chi connectivity index (χ1) is 8.40. The highest BCUT2D eigenvalue weighted by molar-refractivity contribution is 7.80. The Morgan fingerprint density at radius 3 is 2.11 bits per heavy atom. The molecule has 3 nitrogen and oxygen atoms in total. The zero-order valence-corrected chi connectivity index (χ0v) is 12.5. The molecule has 0 bridgehead atoms. The number of hydrogen-bond acceptors (Lipinski definition) is 3. The highest BCUT2D eigenvalue weighted by Crippen LogP contribution is 2.10. The molecule has 0 heterocycles. The van der Waals surface area contributed by atoms with Crippen LogP contribution in [-0.4, -0.2) is 16.8 Å². The highest BCUT2D eigenvalue weighted by atomic mass is 32.1. The number of carbonyl (C=O) groups excluding carboxylic acids is 1. The molecule has 0 aromatic heterocycles. The van der Waals surface area contributed by atoms with Gasteiger partial charge in [0.25, 0.3) is 5.91 Å². The van der Waals surface area contributed by atoms with Crippen molar-refractivity contribution in [2.24, 2.45) is 5.73 Å². The number of rotatable bonds is 6. The van der Waals surface area contributed by atoms with E-state index < -0.39 is 5.91 Å². The summed E-state index contributed by atoms with van der Waals surface area (Å²) in [6.45, 7) is 9.46. The lowest BCUT2D eigenvalue weighted by Crippen LogP contribution is -2.14. The van der Waals surface area contributed by atoms with Crippen molar-refractivity contribution in [2.75, 3.05) is 5.75 Å². The molecule has 0 saturated carbocycles. The topological polar surface area (TPSA) is 63.3 Å². The Morgan fingerprint density at radius 2 is 1.83 bits per heavy atom. The minimum Gasteiger partial charge on any atom is -0.511 e. The average molecular weight is 271 g/mol. The summed E-state index contributed by atoms with van der Waals surface area (Å²) < 4.78 is 0. The zero-order valence-electron chi connectivity index (χ0n) is 11.6. The molecule has 0 radical (unpaired) electrons. The average Bonchev–Trinajstić information content (AvgIpc) is 2.29. The van der Waals surface area contributed by atoms with Crippen LogP contribution < -0.4 is 5.73 Å². The van der Waals surface area contributed by atoms with E-state index in [1.165, 1.54) is 12.5 Å². The number of aliphatic hydroxyl groups is 1. The first kappa shape index (κ1) is 19.2. The van der Waals surface area contributed by atoms with E-state index in [0.717, 1.165) is 17.7 Å². The van der Waals surface area contributed by atoms with E-state index in [4.69, 9.17) is 5.73 Å². The van der Waals surface area contributed by atoms with E-state index in [-0.39, 0.29) is 11.3 Å².